The predicted octanol–water partition coefficient (Wildman–Crippen LogP) is 4.83. The van der Waals surface area contributed by atoms with Crippen LogP contribution in [0.4, 0.5) is 0 Å². The minimum absolute atomic E-state index is 0. The van der Waals surface area contributed by atoms with Gasteiger partial charge in [-0.05, 0) is 129 Å². The highest BCUT2D eigenvalue weighted by Crippen LogP contribution is 2.69. The number of hydrogen-bond acceptors (Lipinski definition) is 27. The molecule has 564 valence electrons. The van der Waals surface area contributed by atoms with Crippen LogP contribution in [0.3, 0.4) is 0 Å². The number of esters is 9. The van der Waals surface area contributed by atoms with Crippen molar-refractivity contribution in [2.75, 3.05) is 42.0 Å². The van der Waals surface area contributed by atoms with Gasteiger partial charge in [0.25, 0.3) is 0 Å². The number of halogens is 1. The second-order valence-corrected chi connectivity index (χ2v) is 31.1. The van der Waals surface area contributed by atoms with E-state index in [0.717, 1.165) is 5.56 Å². The monoisotopic (exact) mass is 1460 g/mol. The van der Waals surface area contributed by atoms with Crippen molar-refractivity contribution in [3.63, 3.8) is 0 Å². The minimum atomic E-state index is -1.24. The van der Waals surface area contributed by atoms with Crippen LogP contribution in [0.5, 0.6) is 0 Å². The summed E-state index contributed by atoms with van der Waals surface area (Å²) in [6.07, 6.45) is 7.08. The number of carboxylic acids is 1. The van der Waals surface area contributed by atoms with Gasteiger partial charge in [-0.1, -0.05) is 41.5 Å². The van der Waals surface area contributed by atoms with Crippen molar-refractivity contribution in [3.05, 3.63) is 72.5 Å². The number of nitrogens with zero attached hydrogens (tertiary/aromatic N) is 1. The third-order valence-corrected chi connectivity index (χ3v) is 24.7. The van der Waals surface area contributed by atoms with Crippen molar-refractivity contribution in [1.82, 2.24) is 4.90 Å². The topological polar surface area (TPSA) is 394 Å². The van der Waals surface area contributed by atoms with E-state index in [1.54, 1.807) is 37.2 Å². The Bertz CT molecular complexity index is 3730. The molecule has 3 unspecified atom stereocenters. The zero-order valence-electron chi connectivity index (χ0n) is 61.1. The van der Waals surface area contributed by atoms with E-state index in [9.17, 15) is 62.3 Å². The highest BCUT2D eigenvalue weighted by atomic mass is 35.5. The molecule has 0 amide bonds. The second kappa shape index (κ2) is 30.5. The molecule has 29 heteroatoms. The largest absolute Gasteiger partial charge is 1.00 e. The Morgan fingerprint density at radius 1 is 0.515 bits per heavy atom. The van der Waals surface area contributed by atoms with Crippen molar-refractivity contribution in [2.24, 2.45) is 91.5 Å². The van der Waals surface area contributed by atoms with Gasteiger partial charge in [0.2, 0.25) is 0 Å². The first-order valence-corrected chi connectivity index (χ1v) is 34.8. The van der Waals surface area contributed by atoms with Crippen LogP contribution in [0.2, 0.25) is 0 Å². The number of ketones is 3. The van der Waals surface area contributed by atoms with Gasteiger partial charge in [0.15, 0.2) is 35.7 Å². The first-order valence-electron chi connectivity index (χ1n) is 34.8. The lowest BCUT2D eigenvalue weighted by molar-refractivity contribution is -0.212. The van der Waals surface area contributed by atoms with E-state index in [-0.39, 0.29) is 68.9 Å². The number of furan rings is 3. The number of methoxy groups -OCH3 is 3. The number of carboxylic acid groups (broad SMARTS) is 1. The van der Waals surface area contributed by atoms with E-state index in [1.807, 2.05) is 41.5 Å². The summed E-state index contributed by atoms with van der Waals surface area (Å²) in [7, 11) is 7.36. The van der Waals surface area contributed by atoms with Crippen LogP contribution in [0.25, 0.3) is 0 Å². The first-order chi connectivity index (χ1) is 48.0. The molecule has 3 aromatic heterocycles. The molecular formula is C74H95ClN2O26. The zero-order chi connectivity index (χ0) is 74.5. The van der Waals surface area contributed by atoms with Crippen LogP contribution in [0.15, 0.2) is 69.0 Å². The van der Waals surface area contributed by atoms with Gasteiger partial charge < -0.3 is 79.1 Å². The van der Waals surface area contributed by atoms with Crippen molar-refractivity contribution < 1.29 is 137 Å². The fourth-order valence-electron chi connectivity index (χ4n) is 19.9. The molecule has 0 spiro atoms. The van der Waals surface area contributed by atoms with E-state index in [1.165, 1.54) is 65.8 Å². The van der Waals surface area contributed by atoms with Gasteiger partial charge in [-0.15, -0.1) is 0 Å². The maximum Gasteiger partial charge on any atom is 1.00 e. The van der Waals surface area contributed by atoms with Gasteiger partial charge in [-0.2, -0.15) is 0 Å². The SMILES string of the molecule is COC(=O)[C@@H]1C[C@H](OC(=O)CCC(=O)O)C(=O)C2[C@@]1(C)CC[C@H]1C(=O)O[C@H](c3ccoc3)C[C@]21C.COC(=O)[C@@H]1C[C@H](OC(=O)CN(C)C)C(=O)C2[C@@]1(C)CC[C@H]1C(=O)O[C@H](c3ccoc3)C[C@]21C.COC(=O)[C@@H]1C[C@H](OC(=O)[C@@H](C)N)C(=O)C2[C@@]1(C)CC[C@H]1C(=O)O[C@H](c3ccoc3)C[C@]21C.[Cl-].[H+]. The number of carbonyl (C=O) groups excluding carboxylic acids is 12. The maximum absolute atomic E-state index is 14.0. The number of nitrogens with two attached hydrogens (primary N) is 1. The third-order valence-electron chi connectivity index (χ3n) is 24.7. The highest BCUT2D eigenvalue weighted by molar-refractivity contribution is 5.96. The molecule has 9 aliphatic rings. The molecule has 28 nitrogen and oxygen atoms in total. The molecule has 9 fully saturated rings. The van der Waals surface area contributed by atoms with Gasteiger partial charge in [0.1, 0.15) is 24.4 Å². The molecule has 3 N–H and O–H groups in total. The van der Waals surface area contributed by atoms with Gasteiger partial charge in [-0.3, -0.25) is 67.2 Å². The first kappa shape index (κ1) is 78.9. The molecule has 12 rings (SSSR count). The fraction of sp³-hybridized carbons (Fsp3) is 0.662. The molecule has 0 radical (unpaired) electrons. The van der Waals surface area contributed by atoms with Crippen molar-refractivity contribution in [2.45, 2.75) is 181 Å². The number of carbonyl (C=O) groups is 13. The van der Waals surface area contributed by atoms with Crippen molar-refractivity contribution in [1.29, 1.82) is 0 Å². The molecular weight excluding hydrogens is 1370 g/mol. The molecule has 0 aromatic carbocycles. The number of rotatable bonds is 15. The van der Waals surface area contributed by atoms with Crippen LogP contribution in [-0.4, -0.2) is 153 Å². The smallest absolute Gasteiger partial charge is 1.00 e. The maximum atomic E-state index is 14.0. The van der Waals surface area contributed by atoms with E-state index >= 15 is 0 Å². The lowest BCUT2D eigenvalue weighted by Gasteiger charge is -2.61. The summed E-state index contributed by atoms with van der Waals surface area (Å²) in [6.45, 7) is 12.9. The average Bonchev–Trinajstić information content (AvgIpc) is 0.814. The lowest BCUT2D eigenvalue weighted by Crippen LogP contribution is -3.00. The van der Waals surface area contributed by atoms with Gasteiger partial charge in [0, 0.05) is 53.7 Å². The van der Waals surface area contributed by atoms with Gasteiger partial charge in [-0.25, -0.2) is 0 Å². The van der Waals surface area contributed by atoms with Crippen LogP contribution >= 0.6 is 0 Å². The second-order valence-electron chi connectivity index (χ2n) is 31.1. The Balaban J connectivity index is 0.000000196. The molecule has 0 bridgehead atoms. The Hall–Kier alpha value is -8.24. The Labute approximate surface area is 603 Å². The van der Waals surface area contributed by atoms with E-state index in [4.69, 9.17) is 66.7 Å². The summed E-state index contributed by atoms with van der Waals surface area (Å²) in [5.74, 6) is -12.4. The summed E-state index contributed by atoms with van der Waals surface area (Å²) in [5, 5.41) is 8.86. The normalized spacial score (nSPS) is 37.2. The minimum Gasteiger partial charge on any atom is -1.00 e. The van der Waals surface area contributed by atoms with Gasteiger partial charge >= 0.3 is 61.1 Å². The van der Waals surface area contributed by atoms with Gasteiger partial charge in [0.05, 0.1) is 114 Å². The van der Waals surface area contributed by atoms with Crippen LogP contribution in [0, 0.1) is 85.8 Å². The van der Waals surface area contributed by atoms with Crippen LogP contribution < -0.4 is 18.1 Å². The van der Waals surface area contributed by atoms with E-state index in [2.05, 4.69) is 0 Å². The van der Waals surface area contributed by atoms with E-state index in [0.29, 0.717) is 68.9 Å². The van der Waals surface area contributed by atoms with Crippen molar-refractivity contribution >= 4 is 77.0 Å². The molecule has 6 saturated carbocycles. The number of Topliss-reactive ketones (excluding diaryl/α,β-unsaturated/α-hetero) is 3. The van der Waals surface area contributed by atoms with E-state index < -0.39 is 189 Å². The number of cyclic esters (lactones) is 3. The van der Waals surface area contributed by atoms with Crippen molar-refractivity contribution in [3.8, 4) is 0 Å². The number of hydrogen-bond donors (Lipinski definition) is 2. The quantitative estimate of drug-likeness (QED) is 0.152. The number of fused-ring (bicyclic) bond motifs is 9. The summed E-state index contributed by atoms with van der Waals surface area (Å²) in [5.41, 5.74) is 2.97. The predicted molar refractivity (Wildman–Crippen MR) is 349 cm³/mol. The highest BCUT2D eigenvalue weighted by Gasteiger charge is 2.71. The Kier molecular flexibility index (Phi) is 23.3. The summed E-state index contributed by atoms with van der Waals surface area (Å²) < 4.78 is 64.5. The molecule has 103 heavy (non-hydrogen) atoms. The summed E-state index contributed by atoms with van der Waals surface area (Å²) in [4.78, 5) is 169. The molecule has 3 aromatic rings. The zero-order valence-corrected chi connectivity index (χ0v) is 60.9. The summed E-state index contributed by atoms with van der Waals surface area (Å²) >= 11 is 0. The summed E-state index contributed by atoms with van der Waals surface area (Å²) in [6, 6.07) is 4.27. The Morgan fingerprint density at radius 2 is 0.825 bits per heavy atom. The standard InChI is InChI=1S/C25H33NO8.C25H30O10.C24H31NO8.ClH/c1-24-8-6-15-23(30)34-18(14-7-9-32-13-14)11-25(15,2)21(24)20(28)17(10-16(24)22(29)31-5)33-19(27)12-26(3)4;1-24-8-6-14-23(31)35-17(13-7-9-33-12-13)11-25(14,2)21(24)20(29)16(10-15(24)22(30)32-3)34-19(28)5-4-18(26)27;1-12(25)20(27)32-16-9-15(21(28)30-4)23(2)7-5-14-22(29)33-17(13-6-8-31-11-13)10-24(14,3)19(23)18(16)26;/h7,9,13,15-18,21H,6,8,10-12H2,1-5H3;7,9,12,14-17,21H,4-6,8,10-11H2,1-3H3,(H,26,27);6,8,11-12,14-17,19H,5,7,9-10,25H2,1-4H3;1H/t15-,16-,17-,18-,21?,24-,25-;14-,15-,16-,17-,21?,24-,25-;12-,14+,15+,16+,17+,19?,23+,24+;/m001./s1. The fourth-order valence-corrected chi connectivity index (χ4v) is 19.9. The number of aliphatic carboxylic acids is 1. The molecule has 3 aliphatic heterocycles. The molecule has 6 aliphatic carbocycles. The number of likely N-dealkylation sites (N-methyl/N-ethyl adjacent to an activating group) is 1. The molecule has 3 saturated heterocycles. The third kappa shape index (κ3) is 14.6. The van der Waals surface area contributed by atoms with Crippen LogP contribution in [0.1, 0.15) is 175 Å². The molecule has 22 atom stereocenters. The average molecular weight is 1460 g/mol. The molecule has 6 heterocycles. The Morgan fingerprint density at radius 3 is 1.10 bits per heavy atom. The van der Waals surface area contributed by atoms with Crippen LogP contribution in [-0.2, 0) is 105 Å². The number of ether oxygens (including phenoxy) is 9. The lowest BCUT2D eigenvalue weighted by atomic mass is 9.43.